The monoisotopic (exact) mass is 885 g/mol. The van der Waals surface area contributed by atoms with E-state index in [1.54, 1.807) is 0 Å². The molecule has 7 nitrogen and oxygen atoms in total. The van der Waals surface area contributed by atoms with Crippen LogP contribution in [0, 0.1) is 13.8 Å². The van der Waals surface area contributed by atoms with Crippen LogP contribution in [0.5, 0.6) is 0 Å². The van der Waals surface area contributed by atoms with Crippen LogP contribution >= 0.6 is 0 Å². The fourth-order valence-corrected chi connectivity index (χ4v) is 9.33. The summed E-state index contributed by atoms with van der Waals surface area (Å²) in [7, 11) is 0. The normalized spacial score (nSPS) is 11.3. The Hall–Kier alpha value is -9.20. The molecule has 0 atom stereocenters. The van der Waals surface area contributed by atoms with Crippen molar-refractivity contribution in [1.82, 2.24) is 34.5 Å². The molecule has 7 heteroatoms. The Balaban J connectivity index is 1.16. The summed E-state index contributed by atoms with van der Waals surface area (Å²) >= 11 is 0. The quantitative estimate of drug-likeness (QED) is 0.144. The molecule has 0 radical (unpaired) electrons. The standard InChI is InChI=1S/C62H43N7/c1-40-19-15-17-29-49(40)46-31-34-54-51(37-46)52-38-47(50-30-18-16-20-41(50)2)32-35-55(52)69(54)56-36-33-48(61-65-57(42-21-7-3-8-22-42)63-58(66-61)43-23-9-4-10-24-43)39-53(56)62-67-59(44-25-11-5-12-26-44)64-60(68-62)45-27-13-6-14-28-45/h3-39H,1-2H3. The van der Waals surface area contributed by atoms with E-state index in [4.69, 9.17) is 29.9 Å². The van der Waals surface area contributed by atoms with Crippen LogP contribution < -0.4 is 0 Å². The first-order chi connectivity index (χ1) is 34.0. The van der Waals surface area contributed by atoms with Gasteiger partial charge in [-0.2, -0.15) is 0 Å². The highest BCUT2D eigenvalue weighted by Crippen LogP contribution is 2.41. The van der Waals surface area contributed by atoms with Gasteiger partial charge in [0.2, 0.25) is 0 Å². The van der Waals surface area contributed by atoms with E-state index in [1.165, 1.54) is 22.3 Å². The van der Waals surface area contributed by atoms with Gasteiger partial charge in [0.05, 0.1) is 16.7 Å². The van der Waals surface area contributed by atoms with Gasteiger partial charge in [-0.15, -0.1) is 0 Å². The molecule has 0 amide bonds. The third-order valence-corrected chi connectivity index (χ3v) is 12.8. The molecule has 3 aromatic heterocycles. The number of benzene rings is 9. The Bertz CT molecular complexity index is 3630. The second kappa shape index (κ2) is 17.5. The van der Waals surface area contributed by atoms with Crippen molar-refractivity contribution < 1.29 is 0 Å². The van der Waals surface area contributed by atoms with Gasteiger partial charge in [-0.3, -0.25) is 0 Å². The molecule has 0 saturated heterocycles. The van der Waals surface area contributed by atoms with Crippen LogP contribution in [0.25, 0.3) is 118 Å². The Kier molecular flexibility index (Phi) is 10.5. The molecular formula is C62H43N7. The first-order valence-electron chi connectivity index (χ1n) is 23.1. The van der Waals surface area contributed by atoms with Crippen LogP contribution in [0.3, 0.4) is 0 Å². The summed E-state index contributed by atoms with van der Waals surface area (Å²) in [6, 6.07) is 77.6. The number of rotatable bonds is 9. The van der Waals surface area contributed by atoms with Crippen LogP contribution in [-0.4, -0.2) is 34.5 Å². The lowest BCUT2D eigenvalue weighted by Gasteiger charge is -2.17. The summed E-state index contributed by atoms with van der Waals surface area (Å²) in [6.45, 7) is 4.35. The Labute approximate surface area is 400 Å². The summed E-state index contributed by atoms with van der Waals surface area (Å²) in [5.74, 6) is 3.36. The second-order valence-electron chi connectivity index (χ2n) is 17.2. The zero-order valence-electron chi connectivity index (χ0n) is 38.0. The molecule has 0 fully saturated rings. The van der Waals surface area contributed by atoms with Crippen molar-refractivity contribution in [3.8, 4) is 96.3 Å². The molecule has 9 aromatic carbocycles. The number of aryl methyl sites for hydroxylation is 2. The molecule has 326 valence electrons. The number of hydrogen-bond acceptors (Lipinski definition) is 6. The van der Waals surface area contributed by atoms with Crippen molar-refractivity contribution in [2.24, 2.45) is 0 Å². The zero-order chi connectivity index (χ0) is 46.3. The van der Waals surface area contributed by atoms with Crippen LogP contribution in [0.4, 0.5) is 0 Å². The summed E-state index contributed by atoms with van der Waals surface area (Å²) < 4.78 is 2.36. The number of hydrogen-bond donors (Lipinski definition) is 0. The predicted octanol–water partition coefficient (Wildman–Crippen LogP) is 15.1. The molecule has 0 bridgehead atoms. The second-order valence-corrected chi connectivity index (χ2v) is 17.2. The minimum atomic E-state index is 0.517. The van der Waals surface area contributed by atoms with Crippen LogP contribution in [0.15, 0.2) is 224 Å². The first kappa shape index (κ1) is 41.2. The molecule has 0 aliphatic carbocycles. The van der Waals surface area contributed by atoms with Gasteiger partial charge in [-0.25, -0.2) is 29.9 Å². The average molecular weight is 886 g/mol. The average Bonchev–Trinajstić information content (AvgIpc) is 3.74. The lowest BCUT2D eigenvalue weighted by Crippen LogP contribution is -2.05. The zero-order valence-corrected chi connectivity index (χ0v) is 38.0. The number of nitrogens with zero attached hydrogens (tertiary/aromatic N) is 7. The lowest BCUT2D eigenvalue weighted by atomic mass is 9.97. The van der Waals surface area contributed by atoms with E-state index in [0.717, 1.165) is 72.0 Å². The van der Waals surface area contributed by atoms with Crippen molar-refractivity contribution in [2.45, 2.75) is 13.8 Å². The Morgan fingerprint density at radius 1 is 0.261 bits per heavy atom. The van der Waals surface area contributed by atoms with Crippen LogP contribution in [0.2, 0.25) is 0 Å². The molecule has 0 unspecified atom stereocenters. The van der Waals surface area contributed by atoms with E-state index < -0.39 is 0 Å². The van der Waals surface area contributed by atoms with E-state index in [-0.39, 0.29) is 0 Å². The van der Waals surface area contributed by atoms with Gasteiger partial charge in [0, 0.05) is 44.2 Å². The van der Waals surface area contributed by atoms with Crippen molar-refractivity contribution in [1.29, 1.82) is 0 Å². The Morgan fingerprint density at radius 2 is 0.594 bits per heavy atom. The highest BCUT2D eigenvalue weighted by molar-refractivity contribution is 6.12. The molecule has 3 heterocycles. The SMILES string of the molecule is Cc1ccccc1-c1ccc2c(c1)c1cc(-c3ccccc3C)ccc1n2-c1ccc(-c2nc(-c3ccccc3)nc(-c3ccccc3)n2)cc1-c1nc(-c2ccccc2)nc(-c2ccccc2)n1. The first-order valence-corrected chi connectivity index (χ1v) is 23.1. The predicted molar refractivity (Wildman–Crippen MR) is 281 cm³/mol. The van der Waals surface area contributed by atoms with E-state index in [0.29, 0.717) is 34.9 Å². The summed E-state index contributed by atoms with van der Waals surface area (Å²) in [6.07, 6.45) is 0. The van der Waals surface area contributed by atoms with Crippen molar-refractivity contribution in [2.75, 3.05) is 0 Å². The smallest absolute Gasteiger partial charge is 0.166 e. The minimum absolute atomic E-state index is 0.517. The van der Waals surface area contributed by atoms with Gasteiger partial charge in [0.25, 0.3) is 0 Å². The molecule has 0 aliphatic rings. The third kappa shape index (κ3) is 7.82. The van der Waals surface area contributed by atoms with Gasteiger partial charge in [0.1, 0.15) is 0 Å². The molecule has 0 saturated carbocycles. The van der Waals surface area contributed by atoms with E-state index in [2.05, 4.69) is 122 Å². The summed E-state index contributed by atoms with van der Waals surface area (Å²) in [4.78, 5) is 31.1. The van der Waals surface area contributed by atoms with Gasteiger partial charge in [0.15, 0.2) is 34.9 Å². The van der Waals surface area contributed by atoms with E-state index in [1.807, 2.05) is 121 Å². The highest BCUT2D eigenvalue weighted by Gasteiger charge is 2.23. The maximum Gasteiger partial charge on any atom is 0.166 e. The molecular weight excluding hydrogens is 843 g/mol. The van der Waals surface area contributed by atoms with Crippen LogP contribution in [-0.2, 0) is 0 Å². The van der Waals surface area contributed by atoms with E-state index >= 15 is 0 Å². The molecule has 0 spiro atoms. The topological polar surface area (TPSA) is 82.3 Å². The van der Waals surface area contributed by atoms with Gasteiger partial charge < -0.3 is 4.57 Å². The fraction of sp³-hybridized carbons (Fsp3) is 0.0323. The highest BCUT2D eigenvalue weighted by atomic mass is 15.1. The van der Waals surface area contributed by atoms with Crippen molar-refractivity contribution >= 4 is 21.8 Å². The third-order valence-electron chi connectivity index (χ3n) is 12.8. The molecule has 69 heavy (non-hydrogen) atoms. The fourth-order valence-electron chi connectivity index (χ4n) is 9.33. The summed E-state index contributed by atoms with van der Waals surface area (Å²) in [5.41, 5.74) is 15.3. The molecule has 0 N–H and O–H groups in total. The number of aromatic nitrogens is 7. The number of fused-ring (bicyclic) bond motifs is 3. The van der Waals surface area contributed by atoms with Crippen molar-refractivity contribution in [3.05, 3.63) is 236 Å². The molecule has 12 aromatic rings. The van der Waals surface area contributed by atoms with Crippen molar-refractivity contribution in [3.63, 3.8) is 0 Å². The van der Waals surface area contributed by atoms with Gasteiger partial charge in [-0.05, 0) is 89.7 Å². The van der Waals surface area contributed by atoms with Crippen LogP contribution in [0.1, 0.15) is 11.1 Å². The minimum Gasteiger partial charge on any atom is -0.308 e. The summed E-state index contributed by atoms with van der Waals surface area (Å²) in [5, 5.41) is 2.28. The lowest BCUT2D eigenvalue weighted by molar-refractivity contribution is 1.06. The van der Waals surface area contributed by atoms with E-state index in [9.17, 15) is 0 Å². The largest absolute Gasteiger partial charge is 0.308 e. The van der Waals surface area contributed by atoms with Gasteiger partial charge >= 0.3 is 0 Å². The maximum absolute atomic E-state index is 5.33. The maximum atomic E-state index is 5.33. The van der Waals surface area contributed by atoms with Gasteiger partial charge in [-0.1, -0.05) is 182 Å². The Morgan fingerprint density at radius 3 is 0.986 bits per heavy atom. The molecule has 0 aliphatic heterocycles. The molecule has 12 rings (SSSR count).